The molecule has 0 fully saturated rings. The van der Waals surface area contributed by atoms with Crippen molar-refractivity contribution in [1.29, 1.82) is 0 Å². The minimum atomic E-state index is -4.36. The maximum absolute atomic E-state index is 12.1. The third-order valence-electron chi connectivity index (χ3n) is 2.90. The van der Waals surface area contributed by atoms with Gasteiger partial charge in [-0.05, 0) is 52.4 Å². The monoisotopic (exact) mass is 435 g/mol. The highest BCUT2D eigenvalue weighted by Gasteiger charge is 2.28. The number of ether oxygens (including phenoxy) is 1. The van der Waals surface area contributed by atoms with E-state index in [1.54, 1.807) is 24.3 Å². The van der Waals surface area contributed by atoms with Gasteiger partial charge in [-0.1, -0.05) is 24.3 Å². The van der Waals surface area contributed by atoms with Gasteiger partial charge in [-0.3, -0.25) is 4.79 Å². The molecule has 23 heavy (non-hydrogen) atoms. The normalized spacial score (nSPS) is 11.1. The molecular weight excluding hydrogens is 422 g/mol. The molecule has 0 radical (unpaired) electrons. The Kier molecular flexibility index (Phi) is 5.86. The molecule has 0 heterocycles. The van der Waals surface area contributed by atoms with Crippen LogP contribution < -0.4 is 10.1 Å². The molecular formula is C16H13F3INO2. The molecule has 3 nitrogen and oxygen atoms in total. The Labute approximate surface area is 145 Å². The van der Waals surface area contributed by atoms with Gasteiger partial charge in [-0.15, -0.1) is 0 Å². The molecule has 0 spiro atoms. The van der Waals surface area contributed by atoms with Crippen molar-refractivity contribution in [1.82, 2.24) is 5.32 Å². The number of nitrogens with one attached hydrogen (secondary N) is 1. The molecule has 0 aromatic heterocycles. The van der Waals surface area contributed by atoms with Crippen LogP contribution in [0.1, 0.15) is 15.9 Å². The zero-order valence-corrected chi connectivity index (χ0v) is 14.0. The van der Waals surface area contributed by atoms with Crippen LogP contribution in [0.5, 0.6) is 5.75 Å². The quantitative estimate of drug-likeness (QED) is 0.717. The maximum atomic E-state index is 12.1. The highest BCUT2D eigenvalue weighted by molar-refractivity contribution is 14.1. The SMILES string of the molecule is O=C(NCc1ccc(OCC(F)(F)F)cc1)c1ccccc1I. The summed E-state index contributed by atoms with van der Waals surface area (Å²) in [6.45, 7) is -1.04. The molecule has 2 rings (SSSR count). The lowest BCUT2D eigenvalue weighted by Gasteiger charge is -2.10. The molecule has 2 aromatic carbocycles. The molecule has 0 aliphatic rings. The summed E-state index contributed by atoms with van der Waals surface area (Å²) < 4.78 is 41.6. The lowest BCUT2D eigenvalue weighted by atomic mass is 10.2. The number of halogens is 4. The fourth-order valence-electron chi connectivity index (χ4n) is 1.79. The van der Waals surface area contributed by atoms with Crippen LogP contribution in [0.25, 0.3) is 0 Å². The number of amides is 1. The van der Waals surface area contributed by atoms with Crippen molar-refractivity contribution in [3.05, 3.63) is 63.2 Å². The van der Waals surface area contributed by atoms with E-state index in [0.29, 0.717) is 5.56 Å². The van der Waals surface area contributed by atoms with Crippen LogP contribution in [0.4, 0.5) is 13.2 Å². The predicted octanol–water partition coefficient (Wildman–Crippen LogP) is 4.16. The first-order valence-corrected chi connectivity index (χ1v) is 7.74. The van der Waals surface area contributed by atoms with Crippen molar-refractivity contribution in [2.45, 2.75) is 12.7 Å². The van der Waals surface area contributed by atoms with E-state index in [4.69, 9.17) is 0 Å². The van der Waals surface area contributed by atoms with E-state index in [0.717, 1.165) is 9.13 Å². The van der Waals surface area contributed by atoms with Gasteiger partial charge >= 0.3 is 6.18 Å². The fraction of sp³-hybridized carbons (Fsp3) is 0.188. The summed E-state index contributed by atoms with van der Waals surface area (Å²) in [6.07, 6.45) is -4.36. The van der Waals surface area contributed by atoms with E-state index in [2.05, 4.69) is 32.6 Å². The molecule has 1 N–H and O–H groups in total. The Morgan fingerprint density at radius 1 is 1.09 bits per heavy atom. The lowest BCUT2D eigenvalue weighted by molar-refractivity contribution is -0.153. The van der Waals surface area contributed by atoms with Crippen LogP contribution in [0.3, 0.4) is 0 Å². The zero-order chi connectivity index (χ0) is 16.9. The van der Waals surface area contributed by atoms with Crippen molar-refractivity contribution >= 4 is 28.5 Å². The molecule has 0 aliphatic carbocycles. The van der Waals surface area contributed by atoms with Crippen molar-refractivity contribution in [3.8, 4) is 5.75 Å². The van der Waals surface area contributed by atoms with Gasteiger partial charge in [0.2, 0.25) is 0 Å². The number of carbonyl (C=O) groups is 1. The van der Waals surface area contributed by atoms with E-state index in [-0.39, 0.29) is 18.2 Å². The summed E-state index contributed by atoms with van der Waals surface area (Å²) in [4.78, 5) is 12.1. The largest absolute Gasteiger partial charge is 0.484 e. The van der Waals surface area contributed by atoms with Gasteiger partial charge in [-0.25, -0.2) is 0 Å². The second-order valence-electron chi connectivity index (χ2n) is 4.71. The van der Waals surface area contributed by atoms with Crippen LogP contribution in [0.15, 0.2) is 48.5 Å². The molecule has 0 atom stereocenters. The second kappa shape index (κ2) is 7.67. The molecule has 0 saturated carbocycles. The van der Waals surface area contributed by atoms with Gasteiger partial charge < -0.3 is 10.1 Å². The van der Waals surface area contributed by atoms with Crippen molar-refractivity contribution in [2.24, 2.45) is 0 Å². The second-order valence-corrected chi connectivity index (χ2v) is 5.87. The van der Waals surface area contributed by atoms with E-state index in [1.165, 1.54) is 12.1 Å². The average Bonchev–Trinajstić information content (AvgIpc) is 2.51. The van der Waals surface area contributed by atoms with Crippen molar-refractivity contribution in [3.63, 3.8) is 0 Å². The van der Waals surface area contributed by atoms with E-state index in [9.17, 15) is 18.0 Å². The molecule has 0 aliphatic heterocycles. The molecule has 2 aromatic rings. The van der Waals surface area contributed by atoms with Crippen molar-refractivity contribution in [2.75, 3.05) is 6.61 Å². The molecule has 122 valence electrons. The highest BCUT2D eigenvalue weighted by atomic mass is 127. The van der Waals surface area contributed by atoms with E-state index in [1.807, 2.05) is 12.1 Å². The average molecular weight is 435 g/mol. The first-order valence-electron chi connectivity index (χ1n) is 6.66. The van der Waals surface area contributed by atoms with Gasteiger partial charge in [0.1, 0.15) is 5.75 Å². The minimum Gasteiger partial charge on any atom is -0.484 e. The number of benzene rings is 2. The summed E-state index contributed by atoms with van der Waals surface area (Å²) in [6, 6.07) is 13.3. The van der Waals surface area contributed by atoms with Crippen LogP contribution in [-0.4, -0.2) is 18.7 Å². The third-order valence-corrected chi connectivity index (χ3v) is 3.84. The number of alkyl halides is 3. The maximum Gasteiger partial charge on any atom is 0.422 e. The van der Waals surface area contributed by atoms with Gasteiger partial charge in [0.05, 0.1) is 5.56 Å². The summed E-state index contributed by atoms with van der Waals surface area (Å²) in [5.74, 6) is -0.0672. The Balaban J connectivity index is 1.89. The summed E-state index contributed by atoms with van der Waals surface area (Å²) >= 11 is 2.08. The van der Waals surface area contributed by atoms with Gasteiger partial charge in [0.25, 0.3) is 5.91 Å². The summed E-state index contributed by atoms with van der Waals surface area (Å²) in [5, 5.41) is 2.77. The summed E-state index contributed by atoms with van der Waals surface area (Å²) in [5.41, 5.74) is 1.35. The van der Waals surface area contributed by atoms with Crippen LogP contribution in [-0.2, 0) is 6.54 Å². The topological polar surface area (TPSA) is 38.3 Å². The molecule has 1 amide bonds. The number of rotatable bonds is 5. The van der Waals surface area contributed by atoms with Crippen molar-refractivity contribution < 1.29 is 22.7 Å². The highest BCUT2D eigenvalue weighted by Crippen LogP contribution is 2.19. The Morgan fingerprint density at radius 2 is 1.74 bits per heavy atom. The Morgan fingerprint density at radius 3 is 2.35 bits per heavy atom. The smallest absolute Gasteiger partial charge is 0.422 e. The lowest BCUT2D eigenvalue weighted by Crippen LogP contribution is -2.23. The third kappa shape index (κ3) is 5.74. The van der Waals surface area contributed by atoms with Gasteiger partial charge in [0.15, 0.2) is 6.61 Å². The first kappa shape index (κ1) is 17.6. The van der Waals surface area contributed by atoms with Gasteiger partial charge in [0, 0.05) is 10.1 Å². The van der Waals surface area contributed by atoms with E-state index >= 15 is 0 Å². The molecule has 7 heteroatoms. The molecule has 0 bridgehead atoms. The van der Waals surface area contributed by atoms with E-state index < -0.39 is 12.8 Å². The fourth-order valence-corrected chi connectivity index (χ4v) is 2.42. The number of hydrogen-bond acceptors (Lipinski definition) is 2. The minimum absolute atomic E-state index is 0.134. The Hall–Kier alpha value is -1.77. The zero-order valence-electron chi connectivity index (χ0n) is 11.9. The molecule has 0 saturated heterocycles. The van der Waals surface area contributed by atoms with Crippen LogP contribution >= 0.6 is 22.6 Å². The standard InChI is InChI=1S/C16H13F3INO2/c17-16(18,19)10-23-12-7-5-11(6-8-12)9-21-15(22)13-3-1-2-4-14(13)20/h1-8H,9-10H2,(H,21,22). The number of hydrogen-bond donors (Lipinski definition) is 1. The number of carbonyl (C=O) groups excluding carboxylic acids is 1. The van der Waals surface area contributed by atoms with Crippen LogP contribution in [0.2, 0.25) is 0 Å². The first-order chi connectivity index (χ1) is 10.8. The molecule has 0 unspecified atom stereocenters. The van der Waals surface area contributed by atoms with Crippen LogP contribution in [0, 0.1) is 3.57 Å². The Bertz CT molecular complexity index is 672. The van der Waals surface area contributed by atoms with Gasteiger partial charge in [-0.2, -0.15) is 13.2 Å². The predicted molar refractivity (Wildman–Crippen MR) is 88.3 cm³/mol. The summed E-state index contributed by atoms with van der Waals surface area (Å²) in [7, 11) is 0.